The lowest BCUT2D eigenvalue weighted by Crippen LogP contribution is -2.52. The molecule has 0 spiro atoms. The Balaban J connectivity index is 1.49. The molecule has 7 heteroatoms. The van der Waals surface area contributed by atoms with E-state index < -0.39 is 0 Å². The fourth-order valence-electron chi connectivity index (χ4n) is 3.27. The second-order valence-electron chi connectivity index (χ2n) is 6.95. The fourth-order valence-corrected chi connectivity index (χ4v) is 4.49. The summed E-state index contributed by atoms with van der Waals surface area (Å²) in [6.07, 6.45) is 0.348. The Kier molecular flexibility index (Phi) is 7.61. The van der Waals surface area contributed by atoms with Crippen molar-refractivity contribution in [2.24, 2.45) is 0 Å². The zero-order valence-electron chi connectivity index (χ0n) is 16.6. The zero-order valence-corrected chi connectivity index (χ0v) is 19.0. The van der Waals surface area contributed by atoms with Crippen molar-refractivity contribution in [1.29, 1.82) is 0 Å². The summed E-state index contributed by atoms with van der Waals surface area (Å²) < 4.78 is 6.24. The maximum absolute atomic E-state index is 12.8. The van der Waals surface area contributed by atoms with E-state index in [4.69, 9.17) is 4.74 Å². The van der Waals surface area contributed by atoms with Gasteiger partial charge in [-0.25, -0.2) is 0 Å². The van der Waals surface area contributed by atoms with E-state index in [0.717, 1.165) is 20.7 Å². The monoisotopic (exact) mass is 476 g/mol. The summed E-state index contributed by atoms with van der Waals surface area (Å²) in [5, 5.41) is -0.157. The highest BCUT2D eigenvalue weighted by atomic mass is 79.9. The van der Waals surface area contributed by atoms with Gasteiger partial charge in [0.1, 0.15) is 5.75 Å². The topological polar surface area (TPSA) is 49.9 Å². The second-order valence-corrected chi connectivity index (χ2v) is 9.28. The normalized spacial score (nSPS) is 15.1. The van der Waals surface area contributed by atoms with E-state index in [1.807, 2.05) is 65.3 Å². The average molecular weight is 477 g/mol. The molecule has 1 heterocycles. The van der Waals surface area contributed by atoms with E-state index in [9.17, 15) is 9.59 Å². The van der Waals surface area contributed by atoms with Crippen LogP contribution in [0.2, 0.25) is 0 Å². The third-order valence-corrected chi connectivity index (χ3v) is 6.54. The standard InChI is InChI=1S/C22H25BrN2O3S/c1-16(29-20-8-6-18(23)7-9-20)22(27)25-12-10-24(11-13-25)21(26)15-17-4-3-5-19(14-17)28-2/h3-9,14,16H,10-13,15H2,1-2H3. The van der Waals surface area contributed by atoms with Crippen LogP contribution in [-0.2, 0) is 16.0 Å². The van der Waals surface area contributed by atoms with Gasteiger partial charge in [-0.2, -0.15) is 0 Å². The summed E-state index contributed by atoms with van der Waals surface area (Å²) in [6.45, 7) is 4.24. The Morgan fingerprint density at radius 2 is 1.72 bits per heavy atom. The number of carbonyl (C=O) groups excluding carboxylic acids is 2. The molecule has 0 aromatic heterocycles. The maximum atomic E-state index is 12.8. The Hall–Kier alpha value is -1.99. The van der Waals surface area contributed by atoms with Gasteiger partial charge in [0, 0.05) is 35.5 Å². The van der Waals surface area contributed by atoms with Crippen molar-refractivity contribution in [2.75, 3.05) is 33.3 Å². The van der Waals surface area contributed by atoms with E-state index >= 15 is 0 Å². The van der Waals surface area contributed by atoms with Gasteiger partial charge >= 0.3 is 0 Å². The number of carbonyl (C=O) groups is 2. The van der Waals surface area contributed by atoms with Gasteiger partial charge in [0.05, 0.1) is 18.8 Å². The number of piperazine rings is 1. The molecule has 1 atom stereocenters. The summed E-state index contributed by atoms with van der Waals surface area (Å²) in [5.41, 5.74) is 0.937. The van der Waals surface area contributed by atoms with Gasteiger partial charge in [-0.15, -0.1) is 11.8 Å². The molecule has 0 saturated carbocycles. The van der Waals surface area contributed by atoms with E-state index in [-0.39, 0.29) is 17.1 Å². The second kappa shape index (κ2) is 10.2. The molecule has 0 aliphatic carbocycles. The molecule has 0 N–H and O–H groups in total. The Labute approximate surface area is 184 Å². The Morgan fingerprint density at radius 3 is 2.38 bits per heavy atom. The molecule has 0 bridgehead atoms. The SMILES string of the molecule is COc1cccc(CC(=O)N2CCN(C(=O)C(C)Sc3ccc(Br)cc3)CC2)c1. The average Bonchev–Trinajstić information content (AvgIpc) is 2.75. The van der Waals surface area contributed by atoms with Gasteiger partial charge in [-0.1, -0.05) is 28.1 Å². The van der Waals surface area contributed by atoms with Crippen molar-refractivity contribution < 1.29 is 14.3 Å². The van der Waals surface area contributed by atoms with Crippen molar-refractivity contribution in [3.05, 3.63) is 58.6 Å². The molecular weight excluding hydrogens is 452 g/mol. The molecule has 0 radical (unpaired) electrons. The largest absolute Gasteiger partial charge is 0.497 e. The molecule has 1 aliphatic heterocycles. The highest BCUT2D eigenvalue weighted by molar-refractivity contribution is 9.10. The van der Waals surface area contributed by atoms with Gasteiger partial charge < -0.3 is 14.5 Å². The number of rotatable bonds is 6. The van der Waals surface area contributed by atoms with Crippen molar-refractivity contribution >= 4 is 39.5 Å². The minimum absolute atomic E-state index is 0.0858. The highest BCUT2D eigenvalue weighted by Crippen LogP contribution is 2.26. The number of benzene rings is 2. The molecule has 1 fully saturated rings. The quantitative estimate of drug-likeness (QED) is 0.594. The number of thioether (sulfide) groups is 1. The highest BCUT2D eigenvalue weighted by Gasteiger charge is 2.27. The number of hydrogen-bond acceptors (Lipinski definition) is 4. The number of nitrogens with zero attached hydrogens (tertiary/aromatic N) is 2. The van der Waals surface area contributed by atoms with Crippen LogP contribution in [0.4, 0.5) is 0 Å². The summed E-state index contributed by atoms with van der Waals surface area (Å²) in [7, 11) is 1.62. The molecule has 2 amide bonds. The van der Waals surface area contributed by atoms with Gasteiger partial charge in [0.25, 0.3) is 0 Å². The number of hydrogen-bond donors (Lipinski definition) is 0. The predicted octanol–water partition coefficient (Wildman–Crippen LogP) is 3.85. The van der Waals surface area contributed by atoms with Crippen LogP contribution < -0.4 is 4.74 Å². The van der Waals surface area contributed by atoms with Crippen molar-refractivity contribution in [2.45, 2.75) is 23.5 Å². The molecule has 3 rings (SSSR count). The molecule has 1 aliphatic rings. The number of methoxy groups -OCH3 is 1. The minimum Gasteiger partial charge on any atom is -0.497 e. The number of amides is 2. The lowest BCUT2D eigenvalue weighted by molar-refractivity contribution is -0.138. The fraction of sp³-hybridized carbons (Fsp3) is 0.364. The van der Waals surface area contributed by atoms with Crippen LogP contribution in [0.15, 0.2) is 57.9 Å². The number of ether oxygens (including phenoxy) is 1. The van der Waals surface area contributed by atoms with Gasteiger partial charge in [0.2, 0.25) is 11.8 Å². The van der Waals surface area contributed by atoms with E-state index in [0.29, 0.717) is 32.6 Å². The first-order valence-electron chi connectivity index (χ1n) is 9.58. The minimum atomic E-state index is -0.157. The van der Waals surface area contributed by atoms with Gasteiger partial charge in [0.15, 0.2) is 0 Å². The van der Waals surface area contributed by atoms with Crippen LogP contribution in [-0.4, -0.2) is 60.2 Å². The Bertz CT molecular complexity index is 851. The lowest BCUT2D eigenvalue weighted by atomic mass is 10.1. The van der Waals surface area contributed by atoms with Crippen molar-refractivity contribution in [1.82, 2.24) is 9.80 Å². The molecule has 5 nitrogen and oxygen atoms in total. The molecule has 29 heavy (non-hydrogen) atoms. The van der Waals surface area contributed by atoms with E-state index in [2.05, 4.69) is 15.9 Å². The molecule has 1 saturated heterocycles. The van der Waals surface area contributed by atoms with Crippen LogP contribution in [0, 0.1) is 0 Å². The molecule has 2 aromatic rings. The first-order valence-corrected chi connectivity index (χ1v) is 11.3. The van der Waals surface area contributed by atoms with Crippen LogP contribution in [0.3, 0.4) is 0 Å². The Morgan fingerprint density at radius 1 is 1.07 bits per heavy atom. The molecule has 2 aromatic carbocycles. The van der Waals surface area contributed by atoms with E-state index in [1.165, 1.54) is 0 Å². The first-order chi connectivity index (χ1) is 14.0. The smallest absolute Gasteiger partial charge is 0.235 e. The van der Waals surface area contributed by atoms with Gasteiger partial charge in [-0.05, 0) is 48.9 Å². The molecule has 1 unspecified atom stereocenters. The summed E-state index contributed by atoms with van der Waals surface area (Å²) in [4.78, 5) is 30.2. The van der Waals surface area contributed by atoms with Crippen LogP contribution in [0.1, 0.15) is 12.5 Å². The van der Waals surface area contributed by atoms with E-state index in [1.54, 1.807) is 18.9 Å². The van der Waals surface area contributed by atoms with Crippen molar-refractivity contribution in [3.63, 3.8) is 0 Å². The number of halogens is 1. The van der Waals surface area contributed by atoms with Crippen molar-refractivity contribution in [3.8, 4) is 5.75 Å². The first kappa shape index (κ1) is 21.7. The van der Waals surface area contributed by atoms with Crippen LogP contribution in [0.5, 0.6) is 5.75 Å². The summed E-state index contributed by atoms with van der Waals surface area (Å²) >= 11 is 4.99. The molecular formula is C22H25BrN2O3S. The maximum Gasteiger partial charge on any atom is 0.235 e. The summed E-state index contributed by atoms with van der Waals surface area (Å²) in [6, 6.07) is 15.5. The predicted molar refractivity (Wildman–Crippen MR) is 119 cm³/mol. The third kappa shape index (κ3) is 6.00. The lowest BCUT2D eigenvalue weighted by Gasteiger charge is -2.36. The molecule has 154 valence electrons. The summed E-state index contributed by atoms with van der Waals surface area (Å²) in [5.74, 6) is 0.962. The zero-order chi connectivity index (χ0) is 20.8. The van der Waals surface area contributed by atoms with Gasteiger partial charge in [-0.3, -0.25) is 9.59 Å². The van der Waals surface area contributed by atoms with Crippen LogP contribution >= 0.6 is 27.7 Å². The van der Waals surface area contributed by atoms with Crippen LogP contribution in [0.25, 0.3) is 0 Å². The third-order valence-electron chi connectivity index (χ3n) is 4.91.